The molecular formula is C23H23N3O2S2. The average Bonchev–Trinajstić information content (AvgIpc) is 3.48. The number of nitrogens with zero attached hydrogens (tertiary/aromatic N) is 3. The first-order chi connectivity index (χ1) is 14.5. The van der Waals surface area contributed by atoms with Gasteiger partial charge in [0.05, 0.1) is 18.3 Å². The SMILES string of the molecule is Cc1cc(C(=O)Cn2cnc3sc4c(c3c2=O)CCC4)c(C)n1CCc1cccs1. The van der Waals surface area contributed by atoms with E-state index in [9.17, 15) is 9.59 Å². The number of carbonyl (C=O) groups is 1. The molecule has 0 radical (unpaired) electrons. The minimum absolute atomic E-state index is 0.0294. The van der Waals surface area contributed by atoms with Crippen LogP contribution >= 0.6 is 22.7 Å². The molecule has 0 amide bonds. The summed E-state index contributed by atoms with van der Waals surface area (Å²) in [5.41, 5.74) is 3.80. The molecule has 30 heavy (non-hydrogen) atoms. The van der Waals surface area contributed by atoms with Crippen molar-refractivity contribution in [3.8, 4) is 0 Å². The lowest BCUT2D eigenvalue weighted by Gasteiger charge is -2.09. The summed E-state index contributed by atoms with van der Waals surface area (Å²) in [6.45, 7) is 4.90. The van der Waals surface area contributed by atoms with E-state index in [2.05, 4.69) is 27.1 Å². The molecule has 5 nitrogen and oxygen atoms in total. The van der Waals surface area contributed by atoms with Gasteiger partial charge in [-0.25, -0.2) is 4.98 Å². The first-order valence-electron chi connectivity index (χ1n) is 10.2. The Morgan fingerprint density at radius 3 is 2.93 bits per heavy atom. The Balaban J connectivity index is 1.41. The highest BCUT2D eigenvalue weighted by molar-refractivity contribution is 7.18. The van der Waals surface area contributed by atoms with E-state index >= 15 is 0 Å². The van der Waals surface area contributed by atoms with Gasteiger partial charge in [-0.1, -0.05) is 6.07 Å². The molecule has 0 N–H and O–H groups in total. The Hall–Kier alpha value is -2.51. The lowest BCUT2D eigenvalue weighted by Crippen LogP contribution is -2.25. The highest BCUT2D eigenvalue weighted by Crippen LogP contribution is 2.34. The summed E-state index contributed by atoms with van der Waals surface area (Å²) >= 11 is 3.38. The Kier molecular flexibility index (Phi) is 4.95. The fraction of sp³-hybridized carbons (Fsp3) is 0.348. The molecule has 0 saturated carbocycles. The normalized spacial score (nSPS) is 13.3. The maximum absolute atomic E-state index is 13.1. The van der Waals surface area contributed by atoms with Crippen LogP contribution in [0.3, 0.4) is 0 Å². The number of rotatable bonds is 6. The zero-order valence-corrected chi connectivity index (χ0v) is 18.7. The van der Waals surface area contributed by atoms with E-state index < -0.39 is 0 Å². The largest absolute Gasteiger partial charge is 0.348 e. The van der Waals surface area contributed by atoms with Gasteiger partial charge in [-0.2, -0.15) is 0 Å². The zero-order valence-electron chi connectivity index (χ0n) is 17.1. The third-order valence-electron chi connectivity index (χ3n) is 6.04. The smallest absolute Gasteiger partial charge is 0.262 e. The molecule has 4 heterocycles. The Morgan fingerprint density at radius 1 is 1.27 bits per heavy atom. The monoisotopic (exact) mass is 437 g/mol. The van der Waals surface area contributed by atoms with Gasteiger partial charge in [0, 0.05) is 33.3 Å². The van der Waals surface area contributed by atoms with Crippen LogP contribution in [0.4, 0.5) is 0 Å². The summed E-state index contributed by atoms with van der Waals surface area (Å²) in [4.78, 5) is 34.1. The van der Waals surface area contributed by atoms with Crippen LogP contribution in [0.15, 0.2) is 34.7 Å². The van der Waals surface area contributed by atoms with Crippen LogP contribution in [0.5, 0.6) is 0 Å². The van der Waals surface area contributed by atoms with Crippen molar-refractivity contribution in [2.45, 2.75) is 52.6 Å². The van der Waals surface area contributed by atoms with Gasteiger partial charge in [-0.05, 0) is 62.6 Å². The molecule has 0 spiro atoms. The average molecular weight is 438 g/mol. The fourth-order valence-corrected chi connectivity index (χ4v) is 6.39. The van der Waals surface area contributed by atoms with E-state index in [0.29, 0.717) is 5.56 Å². The Morgan fingerprint density at radius 2 is 2.13 bits per heavy atom. The van der Waals surface area contributed by atoms with Crippen molar-refractivity contribution in [3.63, 3.8) is 0 Å². The molecule has 0 atom stereocenters. The third-order valence-corrected chi connectivity index (χ3v) is 8.18. The number of Topliss-reactive ketones (excluding diaryl/α,β-unsaturated/α-hetero) is 1. The van der Waals surface area contributed by atoms with Crippen LogP contribution in [0.2, 0.25) is 0 Å². The molecule has 154 valence electrons. The Labute approximate surface area is 182 Å². The van der Waals surface area contributed by atoms with Crippen molar-refractivity contribution in [3.05, 3.63) is 72.5 Å². The highest BCUT2D eigenvalue weighted by Gasteiger charge is 2.22. The molecule has 5 rings (SSSR count). The van der Waals surface area contributed by atoms with Crippen LogP contribution < -0.4 is 5.56 Å². The van der Waals surface area contributed by atoms with E-state index in [-0.39, 0.29) is 17.9 Å². The second kappa shape index (κ2) is 7.63. The van der Waals surface area contributed by atoms with Crippen LogP contribution in [0.1, 0.15) is 43.5 Å². The molecule has 0 fully saturated rings. The number of thiophene rings is 2. The predicted octanol–water partition coefficient (Wildman–Crippen LogP) is 4.55. The minimum atomic E-state index is -0.0840. The Bertz CT molecular complexity index is 1310. The zero-order chi connectivity index (χ0) is 20.8. The van der Waals surface area contributed by atoms with Gasteiger partial charge < -0.3 is 4.57 Å². The molecule has 0 aliphatic heterocycles. The maximum Gasteiger partial charge on any atom is 0.262 e. The topological polar surface area (TPSA) is 56.9 Å². The standard InChI is InChI=1S/C23H23N3O2S2/c1-14-11-18(15(2)26(14)9-8-16-5-4-10-29-16)19(27)12-25-13-24-22-21(23(25)28)17-6-3-7-20(17)30-22/h4-5,10-11,13H,3,6-9,12H2,1-2H3. The van der Waals surface area contributed by atoms with Crippen molar-refractivity contribution in [1.29, 1.82) is 0 Å². The molecular weight excluding hydrogens is 414 g/mol. The van der Waals surface area contributed by atoms with E-state index in [1.54, 1.807) is 22.7 Å². The number of ketones is 1. The second-order valence-corrected chi connectivity index (χ2v) is 10.0. The number of aromatic nitrogens is 3. The number of carbonyl (C=O) groups excluding carboxylic acids is 1. The first-order valence-corrected chi connectivity index (χ1v) is 11.9. The third kappa shape index (κ3) is 3.26. The van der Waals surface area contributed by atoms with Crippen LogP contribution in [-0.2, 0) is 32.4 Å². The van der Waals surface area contributed by atoms with Gasteiger partial charge in [0.1, 0.15) is 4.83 Å². The van der Waals surface area contributed by atoms with Crippen molar-refractivity contribution < 1.29 is 4.79 Å². The summed E-state index contributed by atoms with van der Waals surface area (Å²) < 4.78 is 3.68. The van der Waals surface area contributed by atoms with Crippen molar-refractivity contribution in [1.82, 2.24) is 14.1 Å². The van der Waals surface area contributed by atoms with Gasteiger partial charge in [-0.3, -0.25) is 14.2 Å². The lowest BCUT2D eigenvalue weighted by atomic mass is 10.1. The van der Waals surface area contributed by atoms with E-state index in [4.69, 9.17) is 0 Å². The predicted molar refractivity (Wildman–Crippen MR) is 122 cm³/mol. The van der Waals surface area contributed by atoms with Crippen LogP contribution in [0, 0.1) is 13.8 Å². The van der Waals surface area contributed by atoms with Crippen LogP contribution in [-0.4, -0.2) is 19.9 Å². The number of fused-ring (bicyclic) bond motifs is 3. The summed E-state index contributed by atoms with van der Waals surface area (Å²) in [5, 5.41) is 2.81. The minimum Gasteiger partial charge on any atom is -0.348 e. The molecule has 1 aliphatic rings. The summed E-state index contributed by atoms with van der Waals surface area (Å²) in [6, 6.07) is 6.16. The van der Waals surface area contributed by atoms with Crippen LogP contribution in [0.25, 0.3) is 10.2 Å². The van der Waals surface area contributed by atoms with Gasteiger partial charge in [-0.15, -0.1) is 22.7 Å². The maximum atomic E-state index is 13.1. The van der Waals surface area contributed by atoms with Gasteiger partial charge in [0.25, 0.3) is 5.56 Å². The quantitative estimate of drug-likeness (QED) is 0.416. The molecule has 1 aliphatic carbocycles. The molecule has 0 aromatic carbocycles. The molecule has 7 heteroatoms. The van der Waals surface area contributed by atoms with Gasteiger partial charge in [0.2, 0.25) is 0 Å². The van der Waals surface area contributed by atoms with Crippen molar-refractivity contribution >= 4 is 38.7 Å². The lowest BCUT2D eigenvalue weighted by molar-refractivity contribution is 0.0970. The summed E-state index contributed by atoms with van der Waals surface area (Å²) in [6.07, 6.45) is 5.55. The van der Waals surface area contributed by atoms with E-state index in [1.165, 1.54) is 20.6 Å². The van der Waals surface area contributed by atoms with Gasteiger partial charge in [0.15, 0.2) is 5.78 Å². The van der Waals surface area contributed by atoms with Crippen molar-refractivity contribution in [2.24, 2.45) is 0 Å². The van der Waals surface area contributed by atoms with E-state index in [1.807, 2.05) is 19.9 Å². The second-order valence-electron chi connectivity index (χ2n) is 7.90. The highest BCUT2D eigenvalue weighted by atomic mass is 32.1. The molecule has 0 unspecified atom stereocenters. The fourth-order valence-electron chi connectivity index (χ4n) is 4.48. The van der Waals surface area contributed by atoms with Gasteiger partial charge >= 0.3 is 0 Å². The van der Waals surface area contributed by atoms with E-state index in [0.717, 1.165) is 59.4 Å². The number of hydrogen-bond acceptors (Lipinski definition) is 5. The number of aryl methyl sites for hydroxylation is 4. The summed E-state index contributed by atoms with van der Waals surface area (Å²) in [7, 11) is 0. The molecule has 0 saturated heterocycles. The van der Waals surface area contributed by atoms with Crippen molar-refractivity contribution in [2.75, 3.05) is 0 Å². The molecule has 0 bridgehead atoms. The first kappa shape index (κ1) is 19.5. The molecule has 4 aromatic rings. The molecule has 4 aromatic heterocycles. The number of hydrogen-bond donors (Lipinski definition) is 0. The summed E-state index contributed by atoms with van der Waals surface area (Å²) in [5.74, 6) is -0.0411.